The van der Waals surface area contributed by atoms with Crippen LogP contribution in [0, 0.1) is 23.7 Å². The van der Waals surface area contributed by atoms with E-state index in [4.69, 9.17) is 11.6 Å². The summed E-state index contributed by atoms with van der Waals surface area (Å²) in [5.74, 6) is -0.133. The van der Waals surface area contributed by atoms with Gasteiger partial charge in [-0.05, 0) is 42.9 Å². The molecule has 1 saturated carbocycles. The Labute approximate surface area is 181 Å². The summed E-state index contributed by atoms with van der Waals surface area (Å²) in [6.07, 6.45) is 6.43. The summed E-state index contributed by atoms with van der Waals surface area (Å²) in [7, 11) is 0. The minimum Gasteiger partial charge on any atom is -0.368 e. The first-order chi connectivity index (χ1) is 14.5. The molecule has 0 aromatic heterocycles. The lowest BCUT2D eigenvalue weighted by molar-refractivity contribution is -0.141. The van der Waals surface area contributed by atoms with Crippen molar-refractivity contribution >= 4 is 35.0 Å². The number of anilines is 1. The molecule has 30 heavy (non-hydrogen) atoms. The molecule has 6 nitrogen and oxygen atoms in total. The van der Waals surface area contributed by atoms with Gasteiger partial charge in [0.05, 0.1) is 11.8 Å². The summed E-state index contributed by atoms with van der Waals surface area (Å²) >= 11 is 6.08. The number of hydrogen-bond acceptors (Lipinski definition) is 4. The van der Waals surface area contributed by atoms with Crippen LogP contribution in [0.4, 0.5) is 5.69 Å². The number of hydrogen-bond donors (Lipinski definition) is 0. The number of benzene rings is 1. The molecule has 3 amide bonds. The molecule has 0 spiro atoms. The average Bonchev–Trinajstić information content (AvgIpc) is 3.05. The van der Waals surface area contributed by atoms with Gasteiger partial charge in [0.2, 0.25) is 17.7 Å². The van der Waals surface area contributed by atoms with E-state index in [1.54, 1.807) is 0 Å². The average molecular weight is 428 g/mol. The van der Waals surface area contributed by atoms with E-state index in [-0.39, 0.29) is 54.4 Å². The molecule has 158 valence electrons. The van der Waals surface area contributed by atoms with E-state index in [1.165, 1.54) is 4.90 Å². The number of amides is 3. The van der Waals surface area contributed by atoms with E-state index in [9.17, 15) is 14.4 Å². The second kappa shape index (κ2) is 7.73. The molecule has 1 aromatic rings. The predicted molar refractivity (Wildman–Crippen MR) is 114 cm³/mol. The van der Waals surface area contributed by atoms with Crippen molar-refractivity contribution in [2.45, 2.75) is 19.3 Å². The van der Waals surface area contributed by atoms with Crippen LogP contribution in [-0.4, -0.2) is 60.2 Å². The highest BCUT2D eigenvalue weighted by Crippen LogP contribution is 2.49. The largest absolute Gasteiger partial charge is 0.368 e. The van der Waals surface area contributed by atoms with Crippen LogP contribution in [0.2, 0.25) is 5.02 Å². The minimum atomic E-state index is -0.197. The summed E-state index contributed by atoms with van der Waals surface area (Å²) in [4.78, 5) is 43.9. The Balaban J connectivity index is 1.16. The predicted octanol–water partition coefficient (Wildman–Crippen LogP) is 2.58. The third kappa shape index (κ3) is 3.31. The maximum absolute atomic E-state index is 12.9. The third-order valence-electron chi connectivity index (χ3n) is 7.21. The van der Waals surface area contributed by atoms with E-state index in [1.807, 2.05) is 29.2 Å². The Morgan fingerprint density at radius 2 is 1.60 bits per heavy atom. The van der Waals surface area contributed by atoms with Gasteiger partial charge in [-0.1, -0.05) is 29.8 Å². The molecule has 7 heteroatoms. The van der Waals surface area contributed by atoms with Crippen molar-refractivity contribution in [1.29, 1.82) is 0 Å². The molecule has 3 fully saturated rings. The van der Waals surface area contributed by atoms with E-state index < -0.39 is 0 Å². The van der Waals surface area contributed by atoms with Crippen molar-refractivity contribution in [3.05, 3.63) is 41.4 Å². The molecule has 2 bridgehead atoms. The third-order valence-corrected chi connectivity index (χ3v) is 7.44. The number of rotatable bonds is 4. The summed E-state index contributed by atoms with van der Waals surface area (Å²) in [5.41, 5.74) is 1.06. The summed E-state index contributed by atoms with van der Waals surface area (Å²) in [6, 6.07) is 7.74. The first-order valence-corrected chi connectivity index (χ1v) is 11.2. The molecular weight excluding hydrogens is 402 g/mol. The number of carbonyl (C=O) groups is 3. The fourth-order valence-corrected chi connectivity index (χ4v) is 5.79. The highest BCUT2D eigenvalue weighted by atomic mass is 35.5. The fourth-order valence-electron chi connectivity index (χ4n) is 5.61. The van der Waals surface area contributed by atoms with Crippen LogP contribution in [0.3, 0.4) is 0 Å². The first-order valence-electron chi connectivity index (χ1n) is 10.8. The number of nitrogens with zero attached hydrogens (tertiary/aromatic N) is 3. The zero-order valence-corrected chi connectivity index (χ0v) is 17.6. The molecular formula is C23H26ClN3O3. The van der Waals surface area contributed by atoms with Crippen molar-refractivity contribution in [1.82, 2.24) is 9.80 Å². The van der Waals surface area contributed by atoms with Crippen molar-refractivity contribution < 1.29 is 14.4 Å². The molecule has 0 radical (unpaired) electrons. The van der Waals surface area contributed by atoms with Gasteiger partial charge in [-0.2, -0.15) is 0 Å². The van der Waals surface area contributed by atoms with Gasteiger partial charge in [-0.25, -0.2) is 0 Å². The van der Waals surface area contributed by atoms with Crippen molar-refractivity contribution in [3.63, 3.8) is 0 Å². The SMILES string of the molecule is O=C(CCN1C(=O)[C@@H]2[C@H](C1=O)[C@H]1C=C[C@H]2CC1)N1CCN(c2cccc(Cl)c2)CC1. The number of imide groups is 1. The van der Waals surface area contributed by atoms with Crippen LogP contribution in [-0.2, 0) is 14.4 Å². The summed E-state index contributed by atoms with van der Waals surface area (Å²) in [6.45, 7) is 2.95. The van der Waals surface area contributed by atoms with Gasteiger partial charge in [0.25, 0.3) is 0 Å². The maximum atomic E-state index is 12.9. The zero-order chi connectivity index (χ0) is 20.8. The van der Waals surface area contributed by atoms with Crippen molar-refractivity contribution in [3.8, 4) is 0 Å². The minimum absolute atomic E-state index is 0.0114. The van der Waals surface area contributed by atoms with Crippen LogP contribution >= 0.6 is 11.6 Å². The second-order valence-electron chi connectivity index (χ2n) is 8.77. The molecule has 1 aromatic carbocycles. The number of carbonyl (C=O) groups excluding carboxylic acids is 3. The lowest BCUT2D eigenvalue weighted by Gasteiger charge is -2.38. The zero-order valence-electron chi connectivity index (χ0n) is 16.9. The van der Waals surface area contributed by atoms with Crippen LogP contribution < -0.4 is 4.90 Å². The van der Waals surface area contributed by atoms with Crippen LogP contribution in [0.25, 0.3) is 0 Å². The van der Waals surface area contributed by atoms with Gasteiger partial charge in [0, 0.05) is 49.9 Å². The Morgan fingerprint density at radius 3 is 2.17 bits per heavy atom. The quantitative estimate of drug-likeness (QED) is 0.547. The van der Waals surface area contributed by atoms with Gasteiger partial charge >= 0.3 is 0 Å². The van der Waals surface area contributed by atoms with Gasteiger partial charge in [0.1, 0.15) is 0 Å². The van der Waals surface area contributed by atoms with E-state index in [0.29, 0.717) is 18.1 Å². The van der Waals surface area contributed by atoms with E-state index in [2.05, 4.69) is 17.1 Å². The molecule has 6 rings (SSSR count). The number of halogens is 1. The van der Waals surface area contributed by atoms with Crippen molar-refractivity contribution in [2.24, 2.45) is 23.7 Å². The first kappa shape index (κ1) is 19.6. The highest BCUT2D eigenvalue weighted by Gasteiger charge is 2.56. The van der Waals surface area contributed by atoms with Crippen LogP contribution in [0.5, 0.6) is 0 Å². The summed E-state index contributed by atoms with van der Waals surface area (Å²) < 4.78 is 0. The lowest BCUT2D eigenvalue weighted by Crippen LogP contribution is -2.49. The van der Waals surface area contributed by atoms with Crippen LogP contribution in [0.1, 0.15) is 19.3 Å². The Kier molecular flexibility index (Phi) is 5.05. The van der Waals surface area contributed by atoms with Gasteiger partial charge in [0.15, 0.2) is 0 Å². The van der Waals surface area contributed by atoms with Gasteiger partial charge in [-0.15, -0.1) is 0 Å². The molecule has 0 unspecified atom stereocenters. The monoisotopic (exact) mass is 427 g/mol. The molecule has 2 heterocycles. The normalized spacial score (nSPS) is 30.2. The fraction of sp³-hybridized carbons (Fsp3) is 0.522. The molecule has 2 aliphatic heterocycles. The molecule has 3 aliphatic carbocycles. The van der Waals surface area contributed by atoms with Gasteiger partial charge < -0.3 is 9.80 Å². The molecule has 4 atom stereocenters. The van der Waals surface area contributed by atoms with E-state index >= 15 is 0 Å². The van der Waals surface area contributed by atoms with E-state index in [0.717, 1.165) is 31.6 Å². The summed E-state index contributed by atoms with van der Waals surface area (Å²) in [5, 5.41) is 0.704. The number of fused-ring (bicyclic) bond motifs is 1. The Bertz CT molecular complexity index is 877. The maximum Gasteiger partial charge on any atom is 0.233 e. The van der Waals surface area contributed by atoms with Crippen molar-refractivity contribution in [2.75, 3.05) is 37.6 Å². The Morgan fingerprint density at radius 1 is 0.967 bits per heavy atom. The number of piperazine rings is 1. The Hall–Kier alpha value is -2.34. The smallest absolute Gasteiger partial charge is 0.233 e. The standard InChI is InChI=1S/C23H26ClN3O3/c24-17-2-1-3-18(14-17)25-10-12-26(13-11-25)19(28)8-9-27-22(29)20-15-4-5-16(7-6-15)21(20)23(27)30/h1-5,14-16,20-21H,6-13H2/t15-,16-,20-,21+/m0/s1. The molecule has 5 aliphatic rings. The second-order valence-corrected chi connectivity index (χ2v) is 9.20. The molecule has 2 saturated heterocycles. The lowest BCUT2D eigenvalue weighted by atomic mass is 9.63. The number of likely N-dealkylation sites (tertiary alicyclic amines) is 1. The molecule has 0 N–H and O–H groups in total. The topological polar surface area (TPSA) is 60.9 Å². The number of allylic oxidation sites excluding steroid dienone is 2. The highest BCUT2D eigenvalue weighted by molar-refractivity contribution is 6.30. The van der Waals surface area contributed by atoms with Crippen LogP contribution in [0.15, 0.2) is 36.4 Å². The van der Waals surface area contributed by atoms with Gasteiger partial charge in [-0.3, -0.25) is 19.3 Å².